The molecule has 0 saturated carbocycles. The van der Waals surface area contributed by atoms with Gasteiger partial charge >= 0.3 is 6.09 Å². The first kappa shape index (κ1) is 16.9. The van der Waals surface area contributed by atoms with Crippen LogP contribution in [0, 0.1) is 0 Å². The molecule has 0 aliphatic rings. The number of ether oxygens (including phenoxy) is 3. The molecule has 2 aromatic heterocycles. The average Bonchev–Trinajstić information content (AvgIpc) is 3.04. The molecule has 0 aliphatic heterocycles. The van der Waals surface area contributed by atoms with Gasteiger partial charge in [-0.1, -0.05) is 11.6 Å². The second kappa shape index (κ2) is 6.90. The van der Waals surface area contributed by atoms with Gasteiger partial charge in [-0.2, -0.15) is 0 Å². The molecule has 2 heterocycles. The number of amides is 1. The molecule has 0 unspecified atom stereocenters. The van der Waals surface area contributed by atoms with Crippen LogP contribution >= 0.6 is 11.6 Å². The number of nitrogens with one attached hydrogen (secondary N) is 1. The highest BCUT2D eigenvalue weighted by atomic mass is 35.5. The highest BCUT2D eigenvalue weighted by Crippen LogP contribution is 2.38. The van der Waals surface area contributed by atoms with Gasteiger partial charge < -0.3 is 18.6 Å². The minimum atomic E-state index is -0.542. The van der Waals surface area contributed by atoms with E-state index in [0.717, 1.165) is 5.56 Å². The second-order valence-electron chi connectivity index (χ2n) is 5.11. The zero-order valence-corrected chi connectivity index (χ0v) is 14.6. The molecule has 0 saturated heterocycles. The predicted octanol–water partition coefficient (Wildman–Crippen LogP) is 3.85. The first-order chi connectivity index (χ1) is 12.0. The SMILES string of the molecule is COC(=O)Nc1ccn2cc(-c3cc(Cl)c(OC)cc3OC)nc2c1. The van der Waals surface area contributed by atoms with Crippen molar-refractivity contribution >= 4 is 29.0 Å². The van der Waals surface area contributed by atoms with E-state index in [1.807, 2.05) is 10.6 Å². The van der Waals surface area contributed by atoms with E-state index in [1.165, 1.54) is 7.11 Å². The third-order valence-corrected chi connectivity index (χ3v) is 3.94. The molecule has 0 atom stereocenters. The molecule has 0 aliphatic carbocycles. The van der Waals surface area contributed by atoms with Gasteiger partial charge in [-0.15, -0.1) is 0 Å². The van der Waals surface area contributed by atoms with Crippen LogP contribution in [-0.2, 0) is 4.74 Å². The molecule has 0 spiro atoms. The van der Waals surface area contributed by atoms with Gasteiger partial charge in [-0.25, -0.2) is 9.78 Å². The zero-order chi connectivity index (χ0) is 18.0. The van der Waals surface area contributed by atoms with Crippen molar-refractivity contribution in [2.45, 2.75) is 0 Å². The number of hydrogen-bond acceptors (Lipinski definition) is 5. The molecule has 0 radical (unpaired) electrons. The lowest BCUT2D eigenvalue weighted by Gasteiger charge is -2.10. The summed E-state index contributed by atoms with van der Waals surface area (Å²) in [6.45, 7) is 0. The van der Waals surface area contributed by atoms with Crippen LogP contribution in [0.1, 0.15) is 0 Å². The van der Waals surface area contributed by atoms with Crippen molar-refractivity contribution in [2.24, 2.45) is 0 Å². The highest BCUT2D eigenvalue weighted by molar-refractivity contribution is 6.32. The van der Waals surface area contributed by atoms with Crippen LogP contribution in [0.2, 0.25) is 5.02 Å². The lowest BCUT2D eigenvalue weighted by molar-refractivity contribution is 0.187. The van der Waals surface area contributed by atoms with Crippen LogP contribution in [-0.4, -0.2) is 36.8 Å². The third kappa shape index (κ3) is 3.32. The topological polar surface area (TPSA) is 74.1 Å². The van der Waals surface area contributed by atoms with Crippen LogP contribution in [0.4, 0.5) is 10.5 Å². The fourth-order valence-electron chi connectivity index (χ4n) is 2.42. The van der Waals surface area contributed by atoms with Gasteiger partial charge in [-0.05, 0) is 12.1 Å². The Bertz CT molecular complexity index is 939. The normalized spacial score (nSPS) is 10.6. The number of imidazole rings is 1. The molecule has 130 valence electrons. The number of methoxy groups -OCH3 is 3. The summed E-state index contributed by atoms with van der Waals surface area (Å²) in [4.78, 5) is 15.9. The van der Waals surface area contributed by atoms with Gasteiger partial charge in [0, 0.05) is 35.8 Å². The maximum atomic E-state index is 11.3. The summed E-state index contributed by atoms with van der Waals surface area (Å²) < 4.78 is 17.0. The molecule has 1 N–H and O–H groups in total. The number of halogens is 1. The smallest absolute Gasteiger partial charge is 0.411 e. The Morgan fingerprint density at radius 2 is 1.92 bits per heavy atom. The molecular formula is C17H16ClN3O4. The largest absolute Gasteiger partial charge is 0.496 e. The van der Waals surface area contributed by atoms with E-state index in [9.17, 15) is 4.79 Å². The lowest BCUT2D eigenvalue weighted by Crippen LogP contribution is -2.10. The molecule has 1 amide bonds. The van der Waals surface area contributed by atoms with E-state index < -0.39 is 6.09 Å². The zero-order valence-electron chi connectivity index (χ0n) is 13.9. The Labute approximate surface area is 149 Å². The molecule has 0 bridgehead atoms. The number of fused-ring (bicyclic) bond motifs is 1. The van der Waals surface area contributed by atoms with Crippen LogP contribution in [0.15, 0.2) is 36.7 Å². The average molecular weight is 362 g/mol. The van der Waals surface area contributed by atoms with Crippen molar-refractivity contribution in [2.75, 3.05) is 26.6 Å². The quantitative estimate of drug-likeness (QED) is 0.764. The van der Waals surface area contributed by atoms with E-state index in [4.69, 9.17) is 21.1 Å². The van der Waals surface area contributed by atoms with E-state index in [0.29, 0.717) is 33.6 Å². The van der Waals surface area contributed by atoms with Crippen molar-refractivity contribution in [3.8, 4) is 22.8 Å². The molecule has 1 aromatic carbocycles. The van der Waals surface area contributed by atoms with Crippen LogP contribution < -0.4 is 14.8 Å². The van der Waals surface area contributed by atoms with Gasteiger partial charge in [0.2, 0.25) is 0 Å². The number of hydrogen-bond donors (Lipinski definition) is 1. The summed E-state index contributed by atoms with van der Waals surface area (Å²) in [6.07, 6.45) is 3.09. The van der Waals surface area contributed by atoms with Crippen molar-refractivity contribution < 1.29 is 19.0 Å². The summed E-state index contributed by atoms with van der Waals surface area (Å²) in [5.74, 6) is 1.12. The summed E-state index contributed by atoms with van der Waals surface area (Å²) >= 11 is 6.23. The van der Waals surface area contributed by atoms with E-state index in [-0.39, 0.29) is 0 Å². The molecule has 3 rings (SSSR count). The van der Waals surface area contributed by atoms with Crippen molar-refractivity contribution in [1.29, 1.82) is 0 Å². The third-order valence-electron chi connectivity index (χ3n) is 3.64. The van der Waals surface area contributed by atoms with Crippen molar-refractivity contribution in [3.63, 3.8) is 0 Å². The maximum Gasteiger partial charge on any atom is 0.411 e. The Hall–Kier alpha value is -2.93. The van der Waals surface area contributed by atoms with E-state index >= 15 is 0 Å². The van der Waals surface area contributed by atoms with Crippen LogP contribution in [0.25, 0.3) is 16.9 Å². The van der Waals surface area contributed by atoms with Gasteiger partial charge in [0.25, 0.3) is 0 Å². The number of anilines is 1. The number of carbonyl (C=O) groups excluding carboxylic acids is 1. The van der Waals surface area contributed by atoms with Gasteiger partial charge in [0.1, 0.15) is 17.1 Å². The van der Waals surface area contributed by atoms with Gasteiger partial charge in [0.15, 0.2) is 0 Å². The fourth-order valence-corrected chi connectivity index (χ4v) is 2.66. The van der Waals surface area contributed by atoms with Crippen LogP contribution in [0.3, 0.4) is 0 Å². The Morgan fingerprint density at radius 3 is 2.60 bits per heavy atom. The molecule has 25 heavy (non-hydrogen) atoms. The van der Waals surface area contributed by atoms with Crippen molar-refractivity contribution in [1.82, 2.24) is 9.38 Å². The summed E-state index contributed by atoms with van der Waals surface area (Å²) in [5.41, 5.74) is 2.64. The summed E-state index contributed by atoms with van der Waals surface area (Å²) in [5, 5.41) is 3.06. The monoisotopic (exact) mass is 361 g/mol. The minimum absolute atomic E-state index is 0.461. The maximum absolute atomic E-state index is 11.3. The summed E-state index contributed by atoms with van der Waals surface area (Å²) in [6, 6.07) is 6.94. The van der Waals surface area contributed by atoms with E-state index in [1.54, 1.807) is 44.7 Å². The minimum Gasteiger partial charge on any atom is -0.496 e. The number of nitrogens with zero attached hydrogens (tertiary/aromatic N) is 2. The Morgan fingerprint density at radius 1 is 1.16 bits per heavy atom. The number of pyridine rings is 1. The number of aromatic nitrogens is 2. The molecule has 0 fully saturated rings. The number of benzene rings is 1. The molecule has 7 nitrogen and oxygen atoms in total. The number of carbonyl (C=O) groups is 1. The van der Waals surface area contributed by atoms with Crippen molar-refractivity contribution in [3.05, 3.63) is 41.7 Å². The van der Waals surface area contributed by atoms with E-state index in [2.05, 4.69) is 15.0 Å². The molecular weight excluding hydrogens is 346 g/mol. The Kier molecular flexibility index (Phi) is 4.67. The highest BCUT2D eigenvalue weighted by Gasteiger charge is 2.15. The standard InChI is InChI=1S/C17H16ClN3O4/c1-23-14-8-15(24-2)12(18)7-11(14)13-9-21-5-4-10(6-16(21)20-13)19-17(22)25-3/h4-9H,1-3H3,(H,19,22). The summed E-state index contributed by atoms with van der Waals surface area (Å²) in [7, 11) is 4.42. The van der Waals surface area contributed by atoms with Crippen LogP contribution in [0.5, 0.6) is 11.5 Å². The molecule has 3 aromatic rings. The fraction of sp³-hybridized carbons (Fsp3) is 0.176. The van der Waals surface area contributed by atoms with Gasteiger partial charge in [0.05, 0.1) is 32.0 Å². The molecule has 8 heteroatoms. The predicted molar refractivity (Wildman–Crippen MR) is 94.8 cm³/mol. The number of rotatable bonds is 4. The first-order valence-electron chi connectivity index (χ1n) is 7.31. The lowest BCUT2D eigenvalue weighted by atomic mass is 10.1. The second-order valence-corrected chi connectivity index (χ2v) is 5.52. The first-order valence-corrected chi connectivity index (χ1v) is 7.69. The Balaban J connectivity index is 2.04. The van der Waals surface area contributed by atoms with Gasteiger partial charge in [-0.3, -0.25) is 5.32 Å².